The minimum absolute atomic E-state index is 0.0140. The highest BCUT2D eigenvalue weighted by molar-refractivity contribution is 6.25. The molecule has 5 rings (SSSR count). The van der Waals surface area contributed by atoms with Crippen molar-refractivity contribution in [3.63, 3.8) is 0 Å². The molecule has 2 saturated carbocycles. The van der Waals surface area contributed by atoms with Crippen molar-refractivity contribution in [2.75, 3.05) is 14.1 Å². The molecule has 2 fully saturated rings. The lowest BCUT2D eigenvalue weighted by atomic mass is 9.52. The lowest BCUT2D eigenvalue weighted by Gasteiger charge is -2.54. The Morgan fingerprint density at radius 2 is 1.78 bits per heavy atom. The third kappa shape index (κ3) is 3.18. The molecule has 3 aliphatic carbocycles. The maximum atomic E-state index is 13.8. The van der Waals surface area contributed by atoms with Gasteiger partial charge < -0.3 is 26.0 Å². The van der Waals surface area contributed by atoms with Gasteiger partial charge in [-0.05, 0) is 67.7 Å². The van der Waals surface area contributed by atoms with Gasteiger partial charge in [0, 0.05) is 24.4 Å². The third-order valence-electron chi connectivity index (χ3n) is 8.16. The van der Waals surface area contributed by atoms with Crippen LogP contribution >= 0.6 is 0 Å². The number of nitrogens with zero attached hydrogens (tertiary/aromatic N) is 2. The number of Topliss-reactive ketones (excluding diaryl/α,β-unsaturated/α-hetero) is 3. The first-order chi connectivity index (χ1) is 17.0. The number of aromatic nitrogens is 1. The van der Waals surface area contributed by atoms with Gasteiger partial charge >= 0.3 is 0 Å². The number of aliphatic hydroxyl groups excluding tert-OH is 1. The number of aliphatic hydroxyl groups is 2. The molecule has 7 atom stereocenters. The van der Waals surface area contributed by atoms with Crippen molar-refractivity contribution in [3.05, 3.63) is 47.8 Å². The van der Waals surface area contributed by atoms with Gasteiger partial charge in [-0.15, -0.1) is 0 Å². The summed E-state index contributed by atoms with van der Waals surface area (Å²) in [4.78, 5) is 58.5. The summed E-state index contributed by atoms with van der Waals surface area (Å²) >= 11 is 0. The number of phenols is 1. The maximum absolute atomic E-state index is 13.8. The average molecular weight is 494 g/mol. The highest BCUT2D eigenvalue weighted by Crippen LogP contribution is 2.52. The number of phenolic OH excluding ortho intramolecular Hbond substituents is 1. The van der Waals surface area contributed by atoms with Gasteiger partial charge in [0.2, 0.25) is 5.91 Å². The number of pyridine rings is 1. The van der Waals surface area contributed by atoms with Gasteiger partial charge in [0.05, 0.1) is 17.6 Å². The fourth-order valence-corrected chi connectivity index (χ4v) is 6.62. The Bertz CT molecular complexity index is 1290. The molecule has 0 saturated heterocycles. The number of hydrogen-bond acceptors (Lipinski definition) is 9. The van der Waals surface area contributed by atoms with Crippen LogP contribution in [0.1, 0.15) is 22.3 Å². The molecule has 36 heavy (non-hydrogen) atoms. The number of likely N-dealkylation sites (N-methyl/N-ethyl adjacent to an activating group) is 1. The van der Waals surface area contributed by atoms with Crippen molar-refractivity contribution in [2.24, 2.45) is 29.4 Å². The van der Waals surface area contributed by atoms with Crippen LogP contribution in [0.25, 0.3) is 11.1 Å². The summed E-state index contributed by atoms with van der Waals surface area (Å²) in [7, 11) is 3.22. The molecule has 3 aliphatic rings. The number of fused-ring (bicyclic) bond motifs is 3. The molecule has 10 nitrogen and oxygen atoms in total. The number of nitrogens with two attached hydrogens (primary N) is 1. The lowest BCUT2D eigenvalue weighted by molar-refractivity contribution is -0.190. The number of amides is 1. The minimum Gasteiger partial charge on any atom is -0.507 e. The summed E-state index contributed by atoms with van der Waals surface area (Å²) in [5, 5.41) is 33.2. The average Bonchev–Trinajstić information content (AvgIpc) is 2.81. The predicted molar refractivity (Wildman–Crippen MR) is 126 cm³/mol. The molecule has 5 N–H and O–H groups in total. The summed E-state index contributed by atoms with van der Waals surface area (Å²) in [5.74, 6) is -9.13. The molecule has 1 amide bonds. The molecule has 1 aromatic heterocycles. The van der Waals surface area contributed by atoms with E-state index < -0.39 is 64.7 Å². The highest BCUT2D eigenvalue weighted by atomic mass is 16.3. The SMILES string of the molecule is CN(C)[C@H]1C(O)C(C(N)=O)C(=O)[C@]2(O)C(=O)C3C(=O)c4c(O)ccc(-c5ccncc5)c4C[C@@H]3C[C@H]12. The van der Waals surface area contributed by atoms with E-state index >= 15 is 0 Å². The van der Waals surface area contributed by atoms with Crippen LogP contribution in [-0.4, -0.2) is 80.3 Å². The van der Waals surface area contributed by atoms with Crippen LogP contribution in [0, 0.1) is 23.7 Å². The zero-order valence-corrected chi connectivity index (χ0v) is 19.8. The smallest absolute Gasteiger partial charge is 0.230 e. The molecule has 1 aromatic carbocycles. The first kappa shape index (κ1) is 24.2. The number of primary amides is 1. The van der Waals surface area contributed by atoms with Crippen molar-refractivity contribution in [3.8, 4) is 16.9 Å². The predicted octanol–water partition coefficient (Wildman–Crippen LogP) is -0.279. The summed E-state index contributed by atoms with van der Waals surface area (Å²) in [5.41, 5.74) is 4.77. The molecule has 10 heteroatoms. The Morgan fingerprint density at radius 1 is 1.11 bits per heavy atom. The van der Waals surface area contributed by atoms with E-state index in [-0.39, 0.29) is 24.2 Å². The van der Waals surface area contributed by atoms with Crippen molar-refractivity contribution in [1.29, 1.82) is 0 Å². The molecule has 0 bridgehead atoms. The summed E-state index contributed by atoms with van der Waals surface area (Å²) in [6.45, 7) is 0. The van der Waals surface area contributed by atoms with Gasteiger partial charge in [-0.2, -0.15) is 0 Å². The topological polar surface area (TPSA) is 171 Å². The second-order valence-electron chi connectivity index (χ2n) is 10.2. The number of benzene rings is 1. The molecular weight excluding hydrogens is 466 g/mol. The fraction of sp³-hybridized carbons (Fsp3) is 0.423. The van der Waals surface area contributed by atoms with Gasteiger partial charge in [0.25, 0.3) is 0 Å². The Morgan fingerprint density at radius 3 is 2.39 bits per heavy atom. The summed E-state index contributed by atoms with van der Waals surface area (Å²) in [6, 6.07) is 5.69. The van der Waals surface area contributed by atoms with Gasteiger partial charge in [-0.1, -0.05) is 6.07 Å². The molecule has 188 valence electrons. The Balaban J connectivity index is 1.66. The van der Waals surface area contributed by atoms with E-state index in [1.807, 2.05) is 0 Å². The zero-order chi connectivity index (χ0) is 26.1. The first-order valence-corrected chi connectivity index (χ1v) is 11.7. The number of carbonyl (C=O) groups excluding carboxylic acids is 4. The van der Waals surface area contributed by atoms with E-state index in [9.17, 15) is 34.5 Å². The second kappa shape index (κ2) is 8.29. The Kier molecular flexibility index (Phi) is 5.58. The normalized spacial score (nSPS) is 33.6. The molecule has 0 radical (unpaired) electrons. The molecular formula is C26H27N3O7. The van der Waals surface area contributed by atoms with Crippen molar-refractivity contribution in [2.45, 2.75) is 30.6 Å². The summed E-state index contributed by atoms with van der Waals surface area (Å²) in [6.07, 6.45) is 2.00. The number of hydrogen-bond donors (Lipinski definition) is 4. The Labute approximate surface area is 206 Å². The van der Waals surface area contributed by atoms with E-state index in [1.54, 1.807) is 49.6 Å². The van der Waals surface area contributed by atoms with Crippen LogP contribution in [0.4, 0.5) is 0 Å². The minimum atomic E-state index is -2.67. The first-order valence-electron chi connectivity index (χ1n) is 11.7. The van der Waals surface area contributed by atoms with Crippen LogP contribution in [0.15, 0.2) is 36.7 Å². The third-order valence-corrected chi connectivity index (χ3v) is 8.16. The van der Waals surface area contributed by atoms with Crippen molar-refractivity contribution < 1.29 is 34.5 Å². The molecule has 2 aromatic rings. The van der Waals surface area contributed by atoms with Crippen LogP contribution in [0.2, 0.25) is 0 Å². The monoisotopic (exact) mass is 493 g/mol. The van der Waals surface area contributed by atoms with Crippen LogP contribution in [0.5, 0.6) is 5.75 Å². The van der Waals surface area contributed by atoms with Gasteiger partial charge in [0.1, 0.15) is 11.7 Å². The van der Waals surface area contributed by atoms with E-state index in [4.69, 9.17) is 5.73 Å². The number of ketones is 3. The van der Waals surface area contributed by atoms with E-state index in [2.05, 4.69) is 4.98 Å². The van der Waals surface area contributed by atoms with E-state index in [1.165, 1.54) is 6.07 Å². The fourth-order valence-electron chi connectivity index (χ4n) is 6.62. The largest absolute Gasteiger partial charge is 0.507 e. The molecule has 1 heterocycles. The molecule has 3 unspecified atom stereocenters. The van der Waals surface area contributed by atoms with E-state index in [0.29, 0.717) is 11.1 Å². The number of carbonyl (C=O) groups is 4. The quantitative estimate of drug-likeness (QED) is 0.420. The maximum Gasteiger partial charge on any atom is 0.230 e. The highest BCUT2D eigenvalue weighted by Gasteiger charge is 2.69. The molecule has 0 aliphatic heterocycles. The number of rotatable bonds is 3. The lowest BCUT2D eigenvalue weighted by Crippen LogP contribution is -2.75. The second-order valence-corrected chi connectivity index (χ2v) is 10.2. The zero-order valence-electron chi connectivity index (χ0n) is 19.8. The van der Waals surface area contributed by atoms with Crippen molar-refractivity contribution in [1.82, 2.24) is 9.88 Å². The van der Waals surface area contributed by atoms with Crippen molar-refractivity contribution >= 4 is 23.3 Å². The standard InChI is InChI=1S/C26H27N3O7/c1-29(2)20-15-10-12-9-14-13(11-5-7-28-8-6-11)3-4-16(30)18(14)21(31)17(12)23(33)26(15,36)24(34)19(22(20)32)25(27)35/h3-8,12,15,17,19-20,22,30,32,36H,9-10H2,1-2H3,(H2,27,35)/t12-,15-,17?,19?,20-,22?,26-/m1/s1. The Hall–Kier alpha value is -3.47. The van der Waals surface area contributed by atoms with Gasteiger partial charge in [-0.3, -0.25) is 24.2 Å². The van der Waals surface area contributed by atoms with Gasteiger partial charge in [0.15, 0.2) is 23.0 Å². The van der Waals surface area contributed by atoms with E-state index in [0.717, 1.165) is 5.56 Å². The summed E-state index contributed by atoms with van der Waals surface area (Å²) < 4.78 is 0. The number of aromatic hydroxyl groups is 1. The van der Waals surface area contributed by atoms with Crippen LogP contribution in [0.3, 0.4) is 0 Å². The molecule has 0 spiro atoms. The van der Waals surface area contributed by atoms with Crippen LogP contribution in [-0.2, 0) is 20.8 Å². The van der Waals surface area contributed by atoms with Crippen LogP contribution < -0.4 is 5.73 Å². The van der Waals surface area contributed by atoms with Gasteiger partial charge in [-0.25, -0.2) is 0 Å².